The summed E-state index contributed by atoms with van der Waals surface area (Å²) in [5.41, 5.74) is 3.24. The largest absolute Gasteiger partial charge is 0.493 e. The van der Waals surface area contributed by atoms with Gasteiger partial charge >= 0.3 is 0 Å². The summed E-state index contributed by atoms with van der Waals surface area (Å²) in [4.78, 5) is 16.5. The van der Waals surface area contributed by atoms with E-state index >= 15 is 0 Å². The minimum atomic E-state index is -0.489. The van der Waals surface area contributed by atoms with Crippen LogP contribution in [0.5, 0.6) is 11.5 Å². The van der Waals surface area contributed by atoms with Crippen LogP contribution in [0.3, 0.4) is 0 Å². The summed E-state index contributed by atoms with van der Waals surface area (Å²) in [6.45, 7) is 0. The highest BCUT2D eigenvalue weighted by molar-refractivity contribution is 6.02. The molecule has 1 aliphatic heterocycles. The van der Waals surface area contributed by atoms with Crippen LogP contribution in [-0.2, 0) is 9.63 Å². The van der Waals surface area contributed by atoms with Gasteiger partial charge in [-0.05, 0) is 43.9 Å². The second kappa shape index (κ2) is 7.53. The van der Waals surface area contributed by atoms with Gasteiger partial charge in [-0.1, -0.05) is 5.16 Å². The molecule has 1 unspecified atom stereocenters. The molecule has 1 saturated carbocycles. The summed E-state index contributed by atoms with van der Waals surface area (Å²) in [6.07, 6.45) is 4.95. The third-order valence-electron chi connectivity index (χ3n) is 4.36. The standard InChI is InChI=1S/C17H22N2O5/c1-22-15-7-6-11(8-16(15)23-12-4-2-3-5-12)14-9-13(24-19-14)10-17(20)18-21/h6-8,12-13,21H,2-5,9-10H2,1H3,(H,18,20). The molecule has 130 valence electrons. The number of methoxy groups -OCH3 is 1. The van der Waals surface area contributed by atoms with E-state index < -0.39 is 5.91 Å². The van der Waals surface area contributed by atoms with E-state index in [1.165, 1.54) is 12.8 Å². The highest BCUT2D eigenvalue weighted by atomic mass is 16.6. The molecular weight excluding hydrogens is 312 g/mol. The Hall–Kier alpha value is -2.28. The van der Waals surface area contributed by atoms with Crippen LogP contribution in [0.25, 0.3) is 0 Å². The van der Waals surface area contributed by atoms with Crippen LogP contribution in [0.4, 0.5) is 0 Å². The number of ether oxygens (including phenoxy) is 2. The van der Waals surface area contributed by atoms with Gasteiger partial charge in [0.25, 0.3) is 0 Å². The van der Waals surface area contributed by atoms with Gasteiger partial charge in [0, 0.05) is 12.0 Å². The maximum absolute atomic E-state index is 11.2. The molecule has 0 spiro atoms. The summed E-state index contributed by atoms with van der Waals surface area (Å²) in [6, 6.07) is 5.67. The second-order valence-corrected chi connectivity index (χ2v) is 6.10. The van der Waals surface area contributed by atoms with Gasteiger partial charge in [0.2, 0.25) is 5.91 Å². The van der Waals surface area contributed by atoms with E-state index in [2.05, 4.69) is 5.16 Å². The minimum absolute atomic E-state index is 0.0606. The van der Waals surface area contributed by atoms with Crippen LogP contribution in [0.2, 0.25) is 0 Å². The number of carbonyl (C=O) groups is 1. The van der Waals surface area contributed by atoms with E-state index in [-0.39, 0.29) is 18.6 Å². The zero-order valence-corrected chi connectivity index (χ0v) is 13.7. The number of hydrogen-bond donors (Lipinski definition) is 2. The number of carbonyl (C=O) groups excluding carboxylic acids is 1. The Bertz CT molecular complexity index is 625. The molecule has 0 saturated heterocycles. The zero-order chi connectivity index (χ0) is 16.9. The van der Waals surface area contributed by atoms with E-state index in [0.29, 0.717) is 17.9 Å². The lowest BCUT2D eigenvalue weighted by Gasteiger charge is -2.16. The number of rotatable bonds is 6. The molecule has 1 fully saturated rings. The quantitative estimate of drug-likeness (QED) is 0.616. The van der Waals surface area contributed by atoms with Crippen LogP contribution in [0, 0.1) is 0 Å². The molecular formula is C17H22N2O5. The molecule has 2 N–H and O–H groups in total. The predicted octanol–water partition coefficient (Wildman–Crippen LogP) is 2.41. The average Bonchev–Trinajstić information content (AvgIpc) is 3.26. The molecule has 0 radical (unpaired) electrons. The fraction of sp³-hybridized carbons (Fsp3) is 0.529. The topological polar surface area (TPSA) is 89.4 Å². The Kier molecular flexibility index (Phi) is 5.20. The number of hydroxylamine groups is 1. The van der Waals surface area contributed by atoms with Gasteiger partial charge in [-0.2, -0.15) is 0 Å². The Labute approximate surface area is 140 Å². The van der Waals surface area contributed by atoms with E-state index in [1.807, 2.05) is 18.2 Å². The molecule has 1 atom stereocenters. The molecule has 7 heteroatoms. The minimum Gasteiger partial charge on any atom is -0.493 e. The maximum atomic E-state index is 11.2. The summed E-state index contributed by atoms with van der Waals surface area (Å²) in [7, 11) is 1.62. The molecule has 1 heterocycles. The Balaban J connectivity index is 1.70. The van der Waals surface area contributed by atoms with Crippen LogP contribution in [0.15, 0.2) is 23.4 Å². The van der Waals surface area contributed by atoms with E-state index in [1.54, 1.807) is 12.6 Å². The normalized spacial score (nSPS) is 20.4. The Morgan fingerprint density at radius 1 is 1.38 bits per heavy atom. The monoisotopic (exact) mass is 334 g/mol. The summed E-state index contributed by atoms with van der Waals surface area (Å²) in [5.74, 6) is 0.916. The predicted molar refractivity (Wildman–Crippen MR) is 86.5 cm³/mol. The molecule has 1 aliphatic carbocycles. The molecule has 0 bridgehead atoms. The molecule has 1 amide bonds. The summed E-state index contributed by atoms with van der Waals surface area (Å²) >= 11 is 0. The van der Waals surface area contributed by atoms with Gasteiger partial charge in [-0.15, -0.1) is 0 Å². The van der Waals surface area contributed by atoms with Crippen molar-refractivity contribution in [2.75, 3.05) is 7.11 Å². The van der Waals surface area contributed by atoms with Crippen molar-refractivity contribution in [3.8, 4) is 11.5 Å². The lowest BCUT2D eigenvalue weighted by Crippen LogP contribution is -2.24. The van der Waals surface area contributed by atoms with Crippen LogP contribution < -0.4 is 15.0 Å². The van der Waals surface area contributed by atoms with Gasteiger partial charge in [0.05, 0.1) is 25.3 Å². The Morgan fingerprint density at radius 2 is 2.17 bits per heavy atom. The van der Waals surface area contributed by atoms with Crippen molar-refractivity contribution in [2.24, 2.45) is 5.16 Å². The van der Waals surface area contributed by atoms with Crippen molar-refractivity contribution in [3.63, 3.8) is 0 Å². The van der Waals surface area contributed by atoms with Crippen LogP contribution in [-0.4, -0.2) is 36.1 Å². The molecule has 1 aromatic rings. The van der Waals surface area contributed by atoms with E-state index in [9.17, 15) is 4.79 Å². The van der Waals surface area contributed by atoms with Crippen LogP contribution in [0.1, 0.15) is 44.1 Å². The van der Waals surface area contributed by atoms with Crippen molar-refractivity contribution in [1.29, 1.82) is 0 Å². The van der Waals surface area contributed by atoms with Crippen molar-refractivity contribution >= 4 is 11.6 Å². The molecule has 7 nitrogen and oxygen atoms in total. The summed E-state index contributed by atoms with van der Waals surface area (Å²) in [5, 5.41) is 12.6. The number of nitrogens with zero attached hydrogens (tertiary/aromatic N) is 1. The van der Waals surface area contributed by atoms with Gasteiger partial charge in [-0.25, -0.2) is 5.48 Å². The van der Waals surface area contributed by atoms with E-state index in [4.69, 9.17) is 19.5 Å². The third kappa shape index (κ3) is 3.79. The van der Waals surface area contributed by atoms with Crippen molar-refractivity contribution in [2.45, 2.75) is 50.7 Å². The van der Waals surface area contributed by atoms with Gasteiger partial charge in [0.15, 0.2) is 11.5 Å². The number of oxime groups is 1. The number of benzene rings is 1. The molecule has 2 aliphatic rings. The second-order valence-electron chi connectivity index (χ2n) is 6.10. The van der Waals surface area contributed by atoms with Gasteiger partial charge in [0.1, 0.15) is 6.10 Å². The molecule has 0 aromatic heterocycles. The third-order valence-corrected chi connectivity index (χ3v) is 4.36. The number of amides is 1. The van der Waals surface area contributed by atoms with Crippen molar-refractivity contribution < 1.29 is 24.3 Å². The van der Waals surface area contributed by atoms with Crippen molar-refractivity contribution in [1.82, 2.24) is 5.48 Å². The first kappa shape index (κ1) is 16.6. The van der Waals surface area contributed by atoms with E-state index in [0.717, 1.165) is 24.1 Å². The fourth-order valence-corrected chi connectivity index (χ4v) is 3.09. The lowest BCUT2D eigenvalue weighted by molar-refractivity contribution is -0.131. The highest BCUT2D eigenvalue weighted by Gasteiger charge is 2.26. The first-order valence-electron chi connectivity index (χ1n) is 8.20. The SMILES string of the molecule is COc1ccc(C2=NOC(CC(=O)NO)C2)cc1OC1CCCC1. The first-order chi connectivity index (χ1) is 11.7. The fourth-order valence-electron chi connectivity index (χ4n) is 3.09. The number of nitrogens with one attached hydrogen (secondary N) is 1. The summed E-state index contributed by atoms with van der Waals surface area (Å²) < 4.78 is 11.5. The highest BCUT2D eigenvalue weighted by Crippen LogP contribution is 2.33. The zero-order valence-electron chi connectivity index (χ0n) is 13.7. The van der Waals surface area contributed by atoms with Gasteiger partial charge in [-0.3, -0.25) is 10.0 Å². The maximum Gasteiger partial charge on any atom is 0.247 e. The molecule has 24 heavy (non-hydrogen) atoms. The first-order valence-corrected chi connectivity index (χ1v) is 8.20. The number of hydrogen-bond acceptors (Lipinski definition) is 6. The lowest BCUT2D eigenvalue weighted by atomic mass is 10.0. The van der Waals surface area contributed by atoms with Gasteiger partial charge < -0.3 is 14.3 Å². The van der Waals surface area contributed by atoms with Crippen LogP contribution >= 0.6 is 0 Å². The average molecular weight is 334 g/mol. The van der Waals surface area contributed by atoms with Crippen molar-refractivity contribution in [3.05, 3.63) is 23.8 Å². The molecule has 1 aromatic carbocycles. The molecule has 3 rings (SSSR count). The Morgan fingerprint density at radius 3 is 2.88 bits per heavy atom. The smallest absolute Gasteiger partial charge is 0.247 e.